The van der Waals surface area contributed by atoms with Gasteiger partial charge in [0.05, 0.1) is 0 Å². The minimum absolute atomic E-state index is 0.0631. The molecule has 3 rings (SSSR count). The predicted molar refractivity (Wildman–Crippen MR) is 131 cm³/mol. The van der Waals surface area contributed by atoms with E-state index >= 15 is 0 Å². The van der Waals surface area contributed by atoms with Gasteiger partial charge in [-0.15, -0.1) is 0 Å². The Kier molecular flexibility index (Phi) is 8.15. The van der Waals surface area contributed by atoms with E-state index in [1.165, 1.54) is 11.1 Å². The fraction of sp³-hybridized carbons (Fsp3) is 0.500. The summed E-state index contributed by atoms with van der Waals surface area (Å²) in [5.41, 5.74) is 2.51. The van der Waals surface area contributed by atoms with Crippen LogP contribution < -0.4 is 15.5 Å². The highest BCUT2D eigenvalue weighted by Crippen LogP contribution is 2.23. The predicted octanol–water partition coefficient (Wildman–Crippen LogP) is 3.42. The molecule has 1 aromatic heterocycles. The van der Waals surface area contributed by atoms with Crippen LogP contribution in [0.5, 0.6) is 0 Å². The van der Waals surface area contributed by atoms with Gasteiger partial charge in [0.15, 0.2) is 5.96 Å². The molecule has 1 aromatic carbocycles. The van der Waals surface area contributed by atoms with Gasteiger partial charge >= 0.3 is 0 Å². The average molecular weight is 443 g/mol. The van der Waals surface area contributed by atoms with Crippen LogP contribution in [0.1, 0.15) is 25.0 Å². The van der Waals surface area contributed by atoms with Gasteiger partial charge in [0.1, 0.15) is 5.82 Å². The van der Waals surface area contributed by atoms with E-state index in [0.29, 0.717) is 6.54 Å². The van der Waals surface area contributed by atoms with Gasteiger partial charge in [-0.25, -0.2) is 4.98 Å². The maximum atomic E-state index is 6.14. The highest BCUT2D eigenvalue weighted by molar-refractivity contribution is 6.30. The third-order valence-corrected chi connectivity index (χ3v) is 5.86. The Hall–Kier alpha value is -2.31. The first-order valence-corrected chi connectivity index (χ1v) is 11.3. The smallest absolute Gasteiger partial charge is 0.191 e. The standard InChI is InChI=1S/C24H35ClN6/c1-24(2,16-19-6-5-7-21(25)14-19)18-29-23(26-3)28-17-20-8-9-27-22(15-20)31-12-10-30(4)11-13-31/h5-9,14-15H,10-13,16-18H2,1-4H3,(H2,26,28,29). The summed E-state index contributed by atoms with van der Waals surface area (Å²) < 4.78 is 0. The van der Waals surface area contributed by atoms with Crippen molar-refractivity contribution in [3.8, 4) is 0 Å². The lowest BCUT2D eigenvalue weighted by Crippen LogP contribution is -2.45. The van der Waals surface area contributed by atoms with E-state index in [9.17, 15) is 0 Å². The Bertz CT molecular complexity index is 874. The number of benzene rings is 1. The molecule has 0 aliphatic carbocycles. The van der Waals surface area contributed by atoms with Gasteiger partial charge in [-0.2, -0.15) is 0 Å². The normalized spacial score (nSPS) is 15.8. The monoisotopic (exact) mass is 442 g/mol. The number of nitrogens with zero attached hydrogens (tertiary/aromatic N) is 4. The first-order chi connectivity index (χ1) is 14.8. The van der Waals surface area contributed by atoms with E-state index in [1.807, 2.05) is 31.4 Å². The number of piperazine rings is 1. The molecule has 1 aliphatic heterocycles. The molecule has 6 nitrogen and oxygen atoms in total. The van der Waals surface area contributed by atoms with Crippen LogP contribution in [0.4, 0.5) is 5.82 Å². The Morgan fingerprint density at radius 2 is 1.87 bits per heavy atom. The number of rotatable bonds is 7. The van der Waals surface area contributed by atoms with E-state index in [4.69, 9.17) is 11.6 Å². The molecule has 0 unspecified atom stereocenters. The number of hydrogen-bond donors (Lipinski definition) is 2. The maximum Gasteiger partial charge on any atom is 0.191 e. The van der Waals surface area contributed by atoms with E-state index in [2.05, 4.69) is 69.5 Å². The van der Waals surface area contributed by atoms with Gasteiger partial charge in [0.2, 0.25) is 0 Å². The first-order valence-electron chi connectivity index (χ1n) is 10.9. The van der Waals surface area contributed by atoms with Crippen molar-refractivity contribution in [2.24, 2.45) is 10.4 Å². The molecule has 0 amide bonds. The number of aliphatic imine (C=N–C) groups is 1. The summed E-state index contributed by atoms with van der Waals surface area (Å²) in [6.45, 7) is 10.2. The van der Waals surface area contributed by atoms with E-state index in [-0.39, 0.29) is 5.41 Å². The summed E-state index contributed by atoms with van der Waals surface area (Å²) >= 11 is 6.14. The zero-order valence-electron chi connectivity index (χ0n) is 19.2. The second kappa shape index (κ2) is 10.8. The summed E-state index contributed by atoms with van der Waals surface area (Å²) in [6, 6.07) is 12.3. The van der Waals surface area contributed by atoms with Gasteiger partial charge in [0.25, 0.3) is 0 Å². The number of aromatic nitrogens is 1. The van der Waals surface area contributed by atoms with Gasteiger partial charge in [-0.05, 0) is 54.3 Å². The van der Waals surface area contributed by atoms with Crippen LogP contribution in [-0.2, 0) is 13.0 Å². The number of nitrogens with one attached hydrogen (secondary N) is 2. The maximum absolute atomic E-state index is 6.14. The third-order valence-electron chi connectivity index (χ3n) is 5.63. The van der Waals surface area contributed by atoms with Crippen LogP contribution in [0.2, 0.25) is 5.02 Å². The zero-order valence-corrected chi connectivity index (χ0v) is 19.9. The summed E-state index contributed by atoms with van der Waals surface area (Å²) in [6.07, 6.45) is 2.84. The van der Waals surface area contributed by atoms with Crippen LogP contribution in [0, 0.1) is 5.41 Å². The van der Waals surface area contributed by atoms with Gasteiger partial charge in [-0.1, -0.05) is 37.6 Å². The number of halogens is 1. The van der Waals surface area contributed by atoms with Crippen LogP contribution >= 0.6 is 11.6 Å². The van der Waals surface area contributed by atoms with Crippen molar-refractivity contribution in [2.75, 3.05) is 51.7 Å². The molecule has 0 atom stereocenters. The highest BCUT2D eigenvalue weighted by atomic mass is 35.5. The van der Waals surface area contributed by atoms with Gasteiger partial charge in [0, 0.05) is 57.5 Å². The lowest BCUT2D eigenvalue weighted by molar-refractivity contribution is 0.312. The molecule has 7 heteroatoms. The Morgan fingerprint density at radius 1 is 1.10 bits per heavy atom. The molecule has 2 aromatic rings. The first kappa shape index (κ1) is 23.4. The molecule has 31 heavy (non-hydrogen) atoms. The van der Waals surface area contributed by atoms with Crippen molar-refractivity contribution < 1.29 is 0 Å². The van der Waals surface area contributed by atoms with E-state index in [0.717, 1.165) is 55.9 Å². The minimum atomic E-state index is 0.0631. The Morgan fingerprint density at radius 3 is 2.58 bits per heavy atom. The number of likely N-dealkylation sites (N-methyl/N-ethyl adjacent to an activating group) is 1. The van der Waals surface area contributed by atoms with Crippen molar-refractivity contribution in [3.63, 3.8) is 0 Å². The molecular weight excluding hydrogens is 408 g/mol. The number of hydrogen-bond acceptors (Lipinski definition) is 4. The molecule has 1 fully saturated rings. The Balaban J connectivity index is 1.50. The summed E-state index contributed by atoms with van der Waals surface area (Å²) in [5, 5.41) is 7.69. The van der Waals surface area contributed by atoms with Gasteiger partial charge in [-0.3, -0.25) is 4.99 Å². The number of anilines is 1. The van der Waals surface area contributed by atoms with Crippen LogP contribution in [0.15, 0.2) is 47.6 Å². The summed E-state index contributed by atoms with van der Waals surface area (Å²) in [7, 11) is 3.97. The van der Waals surface area contributed by atoms with Crippen molar-refractivity contribution in [3.05, 3.63) is 58.7 Å². The fourth-order valence-electron chi connectivity index (χ4n) is 3.77. The molecule has 1 saturated heterocycles. The van der Waals surface area contributed by atoms with Gasteiger partial charge < -0.3 is 20.4 Å². The van der Waals surface area contributed by atoms with Crippen LogP contribution in [0.25, 0.3) is 0 Å². The molecule has 0 saturated carbocycles. The molecular formula is C24H35ClN6. The molecule has 0 bridgehead atoms. The molecule has 0 spiro atoms. The van der Waals surface area contributed by atoms with Crippen molar-refractivity contribution in [2.45, 2.75) is 26.8 Å². The molecule has 0 radical (unpaired) electrons. The molecule has 168 valence electrons. The zero-order chi connectivity index (χ0) is 22.3. The van der Waals surface area contributed by atoms with Crippen molar-refractivity contribution in [1.29, 1.82) is 0 Å². The third kappa shape index (κ3) is 7.40. The highest BCUT2D eigenvalue weighted by Gasteiger charge is 2.19. The number of pyridine rings is 1. The topological polar surface area (TPSA) is 55.8 Å². The van der Waals surface area contributed by atoms with Crippen LogP contribution in [0.3, 0.4) is 0 Å². The second-order valence-corrected chi connectivity index (χ2v) is 9.50. The summed E-state index contributed by atoms with van der Waals surface area (Å²) in [5.74, 6) is 1.86. The number of guanidine groups is 1. The lowest BCUT2D eigenvalue weighted by Gasteiger charge is -2.33. The molecule has 1 aliphatic rings. The molecule has 2 N–H and O–H groups in total. The average Bonchev–Trinajstić information content (AvgIpc) is 2.74. The molecule has 2 heterocycles. The largest absolute Gasteiger partial charge is 0.356 e. The quantitative estimate of drug-likeness (QED) is 0.508. The van der Waals surface area contributed by atoms with E-state index in [1.54, 1.807) is 0 Å². The van der Waals surface area contributed by atoms with E-state index < -0.39 is 0 Å². The SMILES string of the molecule is CN=C(NCc1ccnc(N2CCN(C)CC2)c1)NCC(C)(C)Cc1cccc(Cl)c1. The van der Waals surface area contributed by atoms with Crippen molar-refractivity contribution in [1.82, 2.24) is 20.5 Å². The summed E-state index contributed by atoms with van der Waals surface area (Å²) in [4.78, 5) is 13.7. The second-order valence-electron chi connectivity index (χ2n) is 9.06. The minimum Gasteiger partial charge on any atom is -0.356 e. The lowest BCUT2D eigenvalue weighted by atomic mass is 9.86. The fourth-order valence-corrected chi connectivity index (χ4v) is 3.98. The Labute approximate surface area is 191 Å². The van der Waals surface area contributed by atoms with Crippen molar-refractivity contribution >= 4 is 23.4 Å². The van der Waals surface area contributed by atoms with Crippen LogP contribution in [-0.4, -0.2) is 62.7 Å².